The van der Waals surface area contributed by atoms with E-state index in [0.717, 1.165) is 12.8 Å². The standard InChI is InChI=1S/C17H23FN2O/c18-17-12-14(4-3-9-19)7-8-15(17)13-20(10-11-21)16-5-1-2-6-16/h7-8,12,16,21H,1-2,5-6,9-11,13,19H2. The molecule has 3 nitrogen and oxygen atoms in total. The van der Waals surface area contributed by atoms with E-state index in [0.29, 0.717) is 30.3 Å². The Balaban J connectivity index is 2.09. The van der Waals surface area contributed by atoms with Crippen molar-refractivity contribution in [2.24, 2.45) is 5.73 Å². The van der Waals surface area contributed by atoms with Gasteiger partial charge in [-0.15, -0.1) is 0 Å². The van der Waals surface area contributed by atoms with Crippen molar-refractivity contribution in [1.82, 2.24) is 4.90 Å². The summed E-state index contributed by atoms with van der Waals surface area (Å²) in [5.74, 6) is 5.33. The van der Waals surface area contributed by atoms with E-state index in [1.165, 1.54) is 18.9 Å². The number of benzene rings is 1. The van der Waals surface area contributed by atoms with Gasteiger partial charge in [-0.2, -0.15) is 0 Å². The summed E-state index contributed by atoms with van der Waals surface area (Å²) < 4.78 is 14.2. The predicted molar refractivity (Wildman–Crippen MR) is 82.1 cm³/mol. The van der Waals surface area contributed by atoms with Crippen LogP contribution < -0.4 is 5.73 Å². The van der Waals surface area contributed by atoms with Gasteiger partial charge in [0.05, 0.1) is 13.2 Å². The van der Waals surface area contributed by atoms with E-state index in [9.17, 15) is 9.50 Å². The van der Waals surface area contributed by atoms with Gasteiger partial charge >= 0.3 is 0 Å². The van der Waals surface area contributed by atoms with E-state index in [4.69, 9.17) is 5.73 Å². The van der Waals surface area contributed by atoms with Gasteiger partial charge in [-0.25, -0.2) is 4.39 Å². The molecule has 0 amide bonds. The lowest BCUT2D eigenvalue weighted by Gasteiger charge is -2.28. The van der Waals surface area contributed by atoms with Crippen molar-refractivity contribution in [2.45, 2.75) is 38.3 Å². The summed E-state index contributed by atoms with van der Waals surface area (Å²) in [5, 5.41) is 9.22. The molecule has 0 heterocycles. The third-order valence-electron chi connectivity index (χ3n) is 3.99. The molecule has 1 aromatic carbocycles. The maximum atomic E-state index is 14.2. The molecule has 1 fully saturated rings. The van der Waals surface area contributed by atoms with Crippen LogP contribution in [0, 0.1) is 17.7 Å². The van der Waals surface area contributed by atoms with Gasteiger partial charge in [-0.05, 0) is 25.0 Å². The second-order valence-electron chi connectivity index (χ2n) is 5.44. The van der Waals surface area contributed by atoms with Crippen molar-refractivity contribution in [3.63, 3.8) is 0 Å². The molecule has 0 aliphatic heterocycles. The Labute approximate surface area is 125 Å². The smallest absolute Gasteiger partial charge is 0.128 e. The molecule has 0 radical (unpaired) electrons. The molecule has 1 aromatic rings. The van der Waals surface area contributed by atoms with Gasteiger partial charge < -0.3 is 10.8 Å². The molecule has 0 unspecified atom stereocenters. The Morgan fingerprint density at radius 2 is 2.10 bits per heavy atom. The van der Waals surface area contributed by atoms with E-state index >= 15 is 0 Å². The summed E-state index contributed by atoms with van der Waals surface area (Å²) in [6, 6.07) is 5.54. The molecule has 0 bridgehead atoms. The summed E-state index contributed by atoms with van der Waals surface area (Å²) in [7, 11) is 0. The molecule has 1 aliphatic rings. The molecule has 1 aliphatic carbocycles. The van der Waals surface area contributed by atoms with Crippen LogP contribution >= 0.6 is 0 Å². The highest BCUT2D eigenvalue weighted by atomic mass is 19.1. The number of nitrogens with zero attached hydrogens (tertiary/aromatic N) is 1. The minimum atomic E-state index is -0.236. The van der Waals surface area contributed by atoms with Crippen LogP contribution in [-0.4, -0.2) is 35.7 Å². The normalized spacial score (nSPS) is 15.2. The first-order valence-corrected chi connectivity index (χ1v) is 7.57. The van der Waals surface area contributed by atoms with Gasteiger partial charge in [0, 0.05) is 30.3 Å². The van der Waals surface area contributed by atoms with Crippen molar-refractivity contribution < 1.29 is 9.50 Å². The first kappa shape index (κ1) is 16.0. The van der Waals surface area contributed by atoms with Crippen LogP contribution in [0.3, 0.4) is 0 Å². The van der Waals surface area contributed by atoms with Crippen LogP contribution in [0.5, 0.6) is 0 Å². The highest BCUT2D eigenvalue weighted by Gasteiger charge is 2.22. The Morgan fingerprint density at radius 3 is 2.71 bits per heavy atom. The minimum Gasteiger partial charge on any atom is -0.395 e. The third kappa shape index (κ3) is 4.53. The summed E-state index contributed by atoms with van der Waals surface area (Å²) in [5.41, 5.74) is 6.63. The molecule has 0 spiro atoms. The number of aliphatic hydroxyl groups is 1. The van der Waals surface area contributed by atoms with Crippen molar-refractivity contribution in [1.29, 1.82) is 0 Å². The molecule has 0 atom stereocenters. The molecular weight excluding hydrogens is 267 g/mol. The van der Waals surface area contributed by atoms with Gasteiger partial charge in [-0.1, -0.05) is 30.7 Å². The number of rotatable bonds is 5. The van der Waals surface area contributed by atoms with E-state index < -0.39 is 0 Å². The van der Waals surface area contributed by atoms with Crippen LogP contribution in [0.4, 0.5) is 4.39 Å². The Morgan fingerprint density at radius 1 is 1.33 bits per heavy atom. The second kappa shape index (κ2) is 8.14. The Hall–Kier alpha value is -1.41. The zero-order valence-corrected chi connectivity index (χ0v) is 12.3. The molecule has 3 N–H and O–H groups in total. The maximum absolute atomic E-state index is 14.2. The lowest BCUT2D eigenvalue weighted by Crippen LogP contribution is -2.35. The van der Waals surface area contributed by atoms with E-state index in [1.807, 2.05) is 6.07 Å². The fourth-order valence-corrected chi connectivity index (χ4v) is 2.91. The van der Waals surface area contributed by atoms with Crippen LogP contribution in [-0.2, 0) is 6.54 Å². The summed E-state index contributed by atoms with van der Waals surface area (Å²) in [4.78, 5) is 2.19. The molecule has 4 heteroatoms. The van der Waals surface area contributed by atoms with Crippen molar-refractivity contribution in [3.05, 3.63) is 35.1 Å². The minimum absolute atomic E-state index is 0.109. The topological polar surface area (TPSA) is 49.5 Å². The first-order chi connectivity index (χ1) is 10.2. The molecule has 0 aromatic heterocycles. The van der Waals surface area contributed by atoms with Crippen molar-refractivity contribution in [2.75, 3.05) is 19.7 Å². The summed E-state index contributed by atoms with van der Waals surface area (Å²) in [6.07, 6.45) is 4.73. The Kier molecular flexibility index (Phi) is 6.19. The molecule has 114 valence electrons. The lowest BCUT2D eigenvalue weighted by atomic mass is 10.1. The van der Waals surface area contributed by atoms with Crippen LogP contribution in [0.25, 0.3) is 0 Å². The number of aliphatic hydroxyl groups excluding tert-OH is 1. The molecule has 2 rings (SSSR count). The van der Waals surface area contributed by atoms with Gasteiger partial charge in [-0.3, -0.25) is 4.90 Å². The number of hydrogen-bond acceptors (Lipinski definition) is 3. The first-order valence-electron chi connectivity index (χ1n) is 7.57. The Bertz CT molecular complexity index is 515. The van der Waals surface area contributed by atoms with Gasteiger partial charge in [0.25, 0.3) is 0 Å². The number of halogens is 1. The third-order valence-corrected chi connectivity index (χ3v) is 3.99. The van der Waals surface area contributed by atoms with Crippen LogP contribution in [0.1, 0.15) is 36.8 Å². The number of nitrogens with two attached hydrogens (primary N) is 1. The highest BCUT2D eigenvalue weighted by Crippen LogP contribution is 2.25. The molecule has 1 saturated carbocycles. The van der Waals surface area contributed by atoms with Crippen molar-refractivity contribution in [3.8, 4) is 11.8 Å². The molecule has 21 heavy (non-hydrogen) atoms. The summed E-state index contributed by atoms with van der Waals surface area (Å²) >= 11 is 0. The number of hydrogen-bond donors (Lipinski definition) is 2. The average Bonchev–Trinajstić information content (AvgIpc) is 3.01. The highest BCUT2D eigenvalue weighted by molar-refractivity contribution is 5.37. The van der Waals surface area contributed by atoms with E-state index in [-0.39, 0.29) is 19.0 Å². The largest absolute Gasteiger partial charge is 0.395 e. The monoisotopic (exact) mass is 290 g/mol. The second-order valence-corrected chi connectivity index (χ2v) is 5.44. The van der Waals surface area contributed by atoms with Crippen LogP contribution in [0.15, 0.2) is 18.2 Å². The quantitative estimate of drug-likeness (QED) is 0.814. The fraction of sp³-hybridized carbons (Fsp3) is 0.529. The van der Waals surface area contributed by atoms with Crippen molar-refractivity contribution >= 4 is 0 Å². The zero-order valence-electron chi connectivity index (χ0n) is 12.3. The predicted octanol–water partition coefficient (Wildman–Crippen LogP) is 1.87. The van der Waals surface area contributed by atoms with Crippen LogP contribution in [0.2, 0.25) is 0 Å². The van der Waals surface area contributed by atoms with Gasteiger partial charge in [0.1, 0.15) is 5.82 Å². The molecular formula is C17H23FN2O. The molecule has 0 saturated heterocycles. The van der Waals surface area contributed by atoms with Gasteiger partial charge in [0.15, 0.2) is 0 Å². The zero-order chi connectivity index (χ0) is 15.1. The summed E-state index contributed by atoms with van der Waals surface area (Å²) in [6.45, 7) is 1.52. The fourth-order valence-electron chi connectivity index (χ4n) is 2.91. The maximum Gasteiger partial charge on any atom is 0.128 e. The van der Waals surface area contributed by atoms with Gasteiger partial charge in [0.2, 0.25) is 0 Å². The van der Waals surface area contributed by atoms with E-state index in [1.54, 1.807) is 6.07 Å². The van der Waals surface area contributed by atoms with E-state index in [2.05, 4.69) is 16.7 Å². The SMILES string of the molecule is NCC#Cc1ccc(CN(CCO)C2CCCC2)c(F)c1. The average molecular weight is 290 g/mol. The lowest BCUT2D eigenvalue weighted by molar-refractivity contribution is 0.143.